The van der Waals surface area contributed by atoms with Crippen molar-refractivity contribution in [1.29, 1.82) is 0 Å². The predicted octanol–water partition coefficient (Wildman–Crippen LogP) is 3.72. The molecular formula is C29H35NO9S. The normalized spacial score (nSPS) is 14.6. The van der Waals surface area contributed by atoms with Gasteiger partial charge in [0.1, 0.15) is 5.88 Å². The van der Waals surface area contributed by atoms with Gasteiger partial charge in [0, 0.05) is 22.9 Å². The molecule has 40 heavy (non-hydrogen) atoms. The van der Waals surface area contributed by atoms with E-state index in [0.717, 1.165) is 16.7 Å². The first-order valence-electron chi connectivity index (χ1n) is 12.6. The number of ether oxygens (including phenoxy) is 3. The summed E-state index contributed by atoms with van der Waals surface area (Å²) in [4.78, 5) is 50.7. The number of esters is 3. The van der Waals surface area contributed by atoms with E-state index in [0.29, 0.717) is 19.4 Å². The van der Waals surface area contributed by atoms with E-state index in [1.165, 1.54) is 26.0 Å². The third kappa shape index (κ3) is 10.4. The molecule has 0 saturated carbocycles. The lowest BCUT2D eigenvalue weighted by molar-refractivity contribution is -0.154. The number of carbonyl (C=O) groups is 4. The van der Waals surface area contributed by atoms with Crippen molar-refractivity contribution < 1.29 is 41.8 Å². The Bertz CT molecular complexity index is 1320. The molecule has 11 heteroatoms. The Morgan fingerprint density at radius 1 is 1.00 bits per heavy atom. The van der Waals surface area contributed by atoms with Gasteiger partial charge in [-0.15, -0.1) is 0 Å². The Morgan fingerprint density at radius 3 is 2.17 bits per heavy atom. The summed E-state index contributed by atoms with van der Waals surface area (Å²) in [6.07, 6.45) is 2.26. The Hall–Kier alpha value is -3.83. The molecule has 1 heterocycles. The molecule has 10 nitrogen and oxygen atoms in total. The van der Waals surface area contributed by atoms with Gasteiger partial charge in [-0.05, 0) is 58.6 Å². The molecule has 0 spiro atoms. The maximum atomic E-state index is 13.1. The van der Waals surface area contributed by atoms with Crippen LogP contribution < -0.4 is 0 Å². The number of amides is 1. The summed E-state index contributed by atoms with van der Waals surface area (Å²) in [7, 11) is -4.02. The van der Waals surface area contributed by atoms with Crippen molar-refractivity contribution in [2.75, 3.05) is 19.1 Å². The van der Waals surface area contributed by atoms with Gasteiger partial charge in [-0.25, -0.2) is 22.8 Å². The topological polar surface area (TPSA) is 137 Å². The number of aryl methyl sites for hydroxylation is 1. The van der Waals surface area contributed by atoms with Gasteiger partial charge in [-0.1, -0.05) is 37.4 Å². The molecule has 0 N–H and O–H groups in total. The van der Waals surface area contributed by atoms with E-state index < -0.39 is 39.5 Å². The minimum atomic E-state index is -4.02. The molecule has 1 atom stereocenters. The van der Waals surface area contributed by atoms with Crippen LogP contribution >= 0.6 is 0 Å². The average Bonchev–Trinajstić information content (AvgIpc) is 3.72. The lowest BCUT2D eigenvalue weighted by Gasteiger charge is -2.20. The highest BCUT2D eigenvalue weighted by atomic mass is 32.2. The highest BCUT2D eigenvalue weighted by Gasteiger charge is 2.26. The molecule has 0 aromatic heterocycles. The Balaban J connectivity index is 2.23. The Kier molecular flexibility index (Phi) is 11.8. The van der Waals surface area contributed by atoms with Gasteiger partial charge in [0.15, 0.2) is 9.84 Å². The average molecular weight is 574 g/mol. The number of nitrogens with zero attached hydrogens (tertiary/aromatic N) is 1. The zero-order valence-corrected chi connectivity index (χ0v) is 23.9. The van der Waals surface area contributed by atoms with Crippen LogP contribution in [0.4, 0.5) is 0 Å². The van der Waals surface area contributed by atoms with Crippen molar-refractivity contribution in [3.05, 3.63) is 78.1 Å². The molecule has 1 amide bonds. The van der Waals surface area contributed by atoms with Crippen LogP contribution in [0.2, 0.25) is 0 Å². The van der Waals surface area contributed by atoms with E-state index in [2.05, 4.69) is 19.7 Å². The lowest BCUT2D eigenvalue weighted by Crippen LogP contribution is -2.33. The maximum absolute atomic E-state index is 13.1. The number of hydrogen-bond acceptors (Lipinski definition) is 9. The molecule has 1 unspecified atom stereocenters. The first kappa shape index (κ1) is 32.4. The van der Waals surface area contributed by atoms with Crippen molar-refractivity contribution in [2.45, 2.75) is 57.5 Å². The fourth-order valence-corrected chi connectivity index (χ4v) is 4.51. The second kappa shape index (κ2) is 14.5. The predicted molar refractivity (Wildman–Crippen MR) is 147 cm³/mol. The molecule has 1 fully saturated rings. The van der Waals surface area contributed by atoms with E-state index in [9.17, 15) is 27.6 Å². The Morgan fingerprint density at radius 2 is 1.62 bits per heavy atom. The van der Waals surface area contributed by atoms with Gasteiger partial charge in [0.2, 0.25) is 0 Å². The summed E-state index contributed by atoms with van der Waals surface area (Å²) in [5.74, 6) is -4.22. The van der Waals surface area contributed by atoms with Gasteiger partial charge < -0.3 is 14.2 Å². The van der Waals surface area contributed by atoms with E-state index in [-0.39, 0.29) is 52.7 Å². The number of carbonyl (C=O) groups excluding carboxylic acids is 4. The first-order chi connectivity index (χ1) is 18.7. The maximum Gasteiger partial charge on any atom is 0.343 e. The van der Waals surface area contributed by atoms with Crippen LogP contribution in [-0.4, -0.2) is 62.3 Å². The minimum absolute atomic E-state index is 0.0186. The van der Waals surface area contributed by atoms with Crippen molar-refractivity contribution in [3.63, 3.8) is 0 Å². The van der Waals surface area contributed by atoms with E-state index >= 15 is 0 Å². The van der Waals surface area contributed by atoms with Crippen LogP contribution in [-0.2, 0) is 43.2 Å². The summed E-state index contributed by atoms with van der Waals surface area (Å²) < 4.78 is 41.3. The van der Waals surface area contributed by atoms with E-state index in [1.54, 1.807) is 19.1 Å². The molecule has 0 radical (unpaired) electrons. The van der Waals surface area contributed by atoms with Crippen LogP contribution in [0.5, 0.6) is 0 Å². The zero-order valence-electron chi connectivity index (χ0n) is 23.1. The molecule has 0 aliphatic carbocycles. The van der Waals surface area contributed by atoms with Crippen molar-refractivity contribution in [2.24, 2.45) is 0 Å². The van der Waals surface area contributed by atoms with Crippen LogP contribution in [0, 0.1) is 6.92 Å². The number of epoxide rings is 1. The molecule has 1 aromatic rings. The van der Waals surface area contributed by atoms with Gasteiger partial charge >= 0.3 is 17.9 Å². The van der Waals surface area contributed by atoms with Gasteiger partial charge in [-0.2, -0.15) is 0 Å². The SMILES string of the molecule is C=C(C)C(=O)OC(=O)C(=CN(CS(=O)(=O)c1ccc(C)cc1)C(=O)C(=C)C)CCCOC(=O)C(=C)CCC1CO1. The smallest absolute Gasteiger partial charge is 0.343 e. The van der Waals surface area contributed by atoms with Gasteiger partial charge in [-0.3, -0.25) is 9.69 Å². The number of hydrogen-bond donors (Lipinski definition) is 0. The Labute approximate surface area is 234 Å². The summed E-state index contributed by atoms with van der Waals surface area (Å²) in [6.45, 7) is 15.8. The standard InChI is InChI=1S/C29H35NO9S/c1-19(2)26(31)30(18-40(35,36)25-13-9-21(5)10-14-25)16-23(29(34)39-27(32)20(3)4)8-7-15-37-28(33)22(6)11-12-24-17-38-24/h9-10,13-14,16,24H,1,3,6-8,11-12,15,17-18H2,2,4-5H3. The largest absolute Gasteiger partial charge is 0.462 e. The summed E-state index contributed by atoms with van der Waals surface area (Å²) in [5.41, 5.74) is 0.933. The first-order valence-corrected chi connectivity index (χ1v) is 14.2. The monoisotopic (exact) mass is 573 g/mol. The van der Waals surface area contributed by atoms with Gasteiger partial charge in [0.05, 0.1) is 29.8 Å². The summed E-state index contributed by atoms with van der Waals surface area (Å²) in [5, 5.41) is 0. The minimum Gasteiger partial charge on any atom is -0.462 e. The molecule has 0 bridgehead atoms. The molecule has 1 saturated heterocycles. The van der Waals surface area contributed by atoms with Crippen molar-refractivity contribution in [1.82, 2.24) is 4.90 Å². The highest BCUT2D eigenvalue weighted by molar-refractivity contribution is 7.91. The third-order valence-electron chi connectivity index (χ3n) is 5.71. The second-order valence-corrected chi connectivity index (χ2v) is 11.5. The van der Waals surface area contributed by atoms with Crippen LogP contribution in [0.3, 0.4) is 0 Å². The second-order valence-electron chi connectivity index (χ2n) is 9.56. The molecule has 1 aromatic carbocycles. The number of sulfone groups is 1. The van der Waals surface area contributed by atoms with E-state index in [4.69, 9.17) is 14.2 Å². The lowest BCUT2D eigenvalue weighted by atomic mass is 10.1. The number of rotatable bonds is 15. The van der Waals surface area contributed by atoms with Crippen molar-refractivity contribution in [3.8, 4) is 0 Å². The van der Waals surface area contributed by atoms with Gasteiger partial charge in [0.25, 0.3) is 5.91 Å². The zero-order chi connectivity index (χ0) is 30.0. The molecular weight excluding hydrogens is 538 g/mol. The fraction of sp³-hybridized carbons (Fsp3) is 0.379. The number of benzene rings is 1. The van der Waals surface area contributed by atoms with Crippen LogP contribution in [0.15, 0.2) is 77.4 Å². The molecule has 216 valence electrons. The van der Waals surface area contributed by atoms with Crippen LogP contribution in [0.1, 0.15) is 45.1 Å². The summed E-state index contributed by atoms with van der Waals surface area (Å²) in [6, 6.07) is 6.07. The molecule has 1 aliphatic heterocycles. The fourth-order valence-electron chi connectivity index (χ4n) is 3.25. The van der Waals surface area contributed by atoms with Crippen molar-refractivity contribution >= 4 is 33.7 Å². The quantitative estimate of drug-likeness (QED) is 0.101. The molecule has 2 rings (SSSR count). The molecule has 1 aliphatic rings. The third-order valence-corrected chi connectivity index (χ3v) is 7.31. The van der Waals surface area contributed by atoms with Crippen LogP contribution in [0.25, 0.3) is 0 Å². The van der Waals surface area contributed by atoms with E-state index in [1.807, 2.05) is 0 Å². The highest BCUT2D eigenvalue weighted by Crippen LogP contribution is 2.20. The summed E-state index contributed by atoms with van der Waals surface area (Å²) >= 11 is 0.